The minimum atomic E-state index is -0.211. The molecule has 0 fully saturated rings. The molecule has 0 bridgehead atoms. The summed E-state index contributed by atoms with van der Waals surface area (Å²) >= 11 is 1.20. The Hall–Kier alpha value is -3.19. The number of hydrogen-bond acceptors (Lipinski definition) is 4. The van der Waals surface area contributed by atoms with Gasteiger partial charge in [0.2, 0.25) is 0 Å². The zero-order valence-corrected chi connectivity index (χ0v) is 19.0. The molecule has 0 spiro atoms. The number of anilines is 2. The molecule has 2 N–H and O–H groups in total. The zero-order chi connectivity index (χ0) is 22.1. The van der Waals surface area contributed by atoms with Gasteiger partial charge < -0.3 is 10.2 Å². The van der Waals surface area contributed by atoms with Crippen molar-refractivity contribution >= 4 is 34.1 Å². The third-order valence-corrected chi connectivity index (χ3v) is 6.62. The molecule has 0 saturated heterocycles. The average molecular weight is 435 g/mol. The Bertz CT molecular complexity index is 1150. The maximum Gasteiger partial charge on any atom is 0.323 e. The van der Waals surface area contributed by atoms with Gasteiger partial charge in [0.25, 0.3) is 5.91 Å². The third-order valence-electron chi connectivity index (χ3n) is 5.55. The van der Waals surface area contributed by atoms with E-state index in [4.69, 9.17) is 0 Å². The standard InChI is InChI=1S/C24H26N4O2S/c1-14-11-15(2)20(16(3)12-14)26-22(29)21-17(4)25-23(31-21)27-24(30)28-10-9-18-7-5-6-8-19(18)13-28/h5-8,11-12H,9-10,13H2,1-4H3,(H,26,29)(H,25,27,30). The molecule has 3 amide bonds. The summed E-state index contributed by atoms with van der Waals surface area (Å²) < 4.78 is 0. The zero-order valence-electron chi connectivity index (χ0n) is 18.2. The van der Waals surface area contributed by atoms with Crippen LogP contribution in [0.25, 0.3) is 0 Å². The van der Waals surface area contributed by atoms with E-state index in [1.165, 1.54) is 22.5 Å². The van der Waals surface area contributed by atoms with Gasteiger partial charge in [-0.15, -0.1) is 0 Å². The second-order valence-corrected chi connectivity index (χ2v) is 9.03. The van der Waals surface area contributed by atoms with E-state index in [2.05, 4.69) is 27.8 Å². The van der Waals surface area contributed by atoms with E-state index in [1.54, 1.807) is 11.8 Å². The Balaban J connectivity index is 1.45. The first kappa shape index (κ1) is 21.1. The van der Waals surface area contributed by atoms with E-state index in [1.807, 2.05) is 45.0 Å². The summed E-state index contributed by atoms with van der Waals surface area (Å²) in [5.74, 6) is -0.211. The van der Waals surface area contributed by atoms with Gasteiger partial charge in [-0.3, -0.25) is 10.1 Å². The van der Waals surface area contributed by atoms with Crippen molar-refractivity contribution in [1.82, 2.24) is 9.88 Å². The summed E-state index contributed by atoms with van der Waals surface area (Å²) in [4.78, 5) is 32.3. The minimum absolute atomic E-state index is 0.194. The van der Waals surface area contributed by atoms with Gasteiger partial charge in [0.1, 0.15) is 4.88 Å². The molecule has 160 valence electrons. The van der Waals surface area contributed by atoms with E-state index in [0.29, 0.717) is 28.8 Å². The first-order valence-corrected chi connectivity index (χ1v) is 11.1. The maximum absolute atomic E-state index is 12.9. The van der Waals surface area contributed by atoms with Crippen LogP contribution in [-0.4, -0.2) is 28.4 Å². The van der Waals surface area contributed by atoms with Gasteiger partial charge in [0.15, 0.2) is 5.13 Å². The molecule has 1 aromatic heterocycles. The van der Waals surface area contributed by atoms with Gasteiger partial charge in [-0.05, 0) is 56.4 Å². The highest BCUT2D eigenvalue weighted by molar-refractivity contribution is 7.17. The Kier molecular flexibility index (Phi) is 5.78. The van der Waals surface area contributed by atoms with Crippen LogP contribution in [0, 0.1) is 27.7 Å². The van der Waals surface area contributed by atoms with Crippen LogP contribution < -0.4 is 10.6 Å². The largest absolute Gasteiger partial charge is 0.323 e. The molecule has 0 atom stereocenters. The fourth-order valence-corrected chi connectivity index (χ4v) is 4.90. The molecule has 1 aliphatic rings. The number of amides is 3. The van der Waals surface area contributed by atoms with Crippen LogP contribution in [0.1, 0.15) is 43.2 Å². The van der Waals surface area contributed by atoms with Gasteiger partial charge >= 0.3 is 6.03 Å². The molecule has 0 radical (unpaired) electrons. The number of urea groups is 1. The quantitative estimate of drug-likeness (QED) is 0.594. The Morgan fingerprint density at radius 3 is 2.39 bits per heavy atom. The van der Waals surface area contributed by atoms with Gasteiger partial charge in [0.05, 0.1) is 5.69 Å². The van der Waals surface area contributed by atoms with Crippen molar-refractivity contribution in [1.29, 1.82) is 0 Å². The van der Waals surface area contributed by atoms with Crippen LogP contribution in [-0.2, 0) is 13.0 Å². The predicted molar refractivity (Wildman–Crippen MR) is 125 cm³/mol. The lowest BCUT2D eigenvalue weighted by atomic mass is 10.0. The van der Waals surface area contributed by atoms with Crippen molar-refractivity contribution in [3.63, 3.8) is 0 Å². The number of thiazole rings is 1. The fourth-order valence-electron chi connectivity index (χ4n) is 4.05. The van der Waals surface area contributed by atoms with Crippen LogP contribution in [0.5, 0.6) is 0 Å². The van der Waals surface area contributed by atoms with Crippen molar-refractivity contribution in [3.05, 3.63) is 74.8 Å². The molecular weight excluding hydrogens is 408 g/mol. The maximum atomic E-state index is 12.9. The number of aromatic nitrogens is 1. The molecule has 7 heteroatoms. The van der Waals surface area contributed by atoms with Gasteiger partial charge in [-0.25, -0.2) is 9.78 Å². The number of carbonyl (C=O) groups excluding carboxylic acids is 2. The number of benzene rings is 2. The second kappa shape index (κ2) is 8.51. The summed E-state index contributed by atoms with van der Waals surface area (Å²) in [5, 5.41) is 6.31. The molecule has 3 aromatic rings. The Labute approximate surface area is 186 Å². The number of fused-ring (bicyclic) bond motifs is 1. The molecular formula is C24H26N4O2S. The summed E-state index contributed by atoms with van der Waals surface area (Å²) in [6.45, 7) is 9.02. The molecule has 31 heavy (non-hydrogen) atoms. The number of nitrogens with zero attached hydrogens (tertiary/aromatic N) is 2. The SMILES string of the molecule is Cc1cc(C)c(NC(=O)c2sc(NC(=O)N3CCc4ccccc4C3)nc2C)c(C)c1. The summed E-state index contributed by atoms with van der Waals surface area (Å²) in [6, 6.07) is 12.1. The van der Waals surface area contributed by atoms with Crippen LogP contribution in [0.2, 0.25) is 0 Å². The molecule has 4 rings (SSSR count). The molecule has 2 aromatic carbocycles. The number of aryl methyl sites for hydroxylation is 4. The smallest absolute Gasteiger partial charge is 0.321 e. The number of hydrogen-bond donors (Lipinski definition) is 2. The van der Waals surface area contributed by atoms with Crippen molar-refractivity contribution < 1.29 is 9.59 Å². The highest BCUT2D eigenvalue weighted by Gasteiger charge is 2.23. The number of rotatable bonds is 3. The summed E-state index contributed by atoms with van der Waals surface area (Å²) in [5.41, 5.74) is 7.08. The number of carbonyl (C=O) groups is 2. The van der Waals surface area contributed by atoms with Crippen molar-refractivity contribution in [2.45, 2.75) is 40.7 Å². The normalized spacial score (nSPS) is 13.0. The Morgan fingerprint density at radius 2 is 1.68 bits per heavy atom. The van der Waals surface area contributed by atoms with Crippen molar-refractivity contribution in [2.75, 3.05) is 17.2 Å². The van der Waals surface area contributed by atoms with Crippen LogP contribution in [0.4, 0.5) is 15.6 Å². The van der Waals surface area contributed by atoms with E-state index >= 15 is 0 Å². The first-order valence-electron chi connectivity index (χ1n) is 10.3. The summed E-state index contributed by atoms with van der Waals surface area (Å²) in [6.07, 6.45) is 0.837. The van der Waals surface area contributed by atoms with Crippen LogP contribution in [0.15, 0.2) is 36.4 Å². The van der Waals surface area contributed by atoms with Gasteiger partial charge in [0, 0.05) is 18.8 Å². The fraction of sp³-hybridized carbons (Fsp3) is 0.292. The second-order valence-electron chi connectivity index (χ2n) is 8.03. The van der Waals surface area contributed by atoms with E-state index in [9.17, 15) is 9.59 Å². The lowest BCUT2D eigenvalue weighted by Gasteiger charge is -2.28. The van der Waals surface area contributed by atoms with Crippen LogP contribution in [0.3, 0.4) is 0 Å². The predicted octanol–water partition coefficient (Wildman–Crippen LogP) is 5.22. The third kappa shape index (κ3) is 4.46. The minimum Gasteiger partial charge on any atom is -0.321 e. The lowest BCUT2D eigenvalue weighted by Crippen LogP contribution is -2.38. The molecule has 2 heterocycles. The lowest BCUT2D eigenvalue weighted by molar-refractivity contribution is 0.102. The molecule has 6 nitrogen and oxygen atoms in total. The molecule has 0 aliphatic carbocycles. The average Bonchev–Trinajstić information content (AvgIpc) is 3.10. The van der Waals surface area contributed by atoms with Gasteiger partial charge in [-0.2, -0.15) is 0 Å². The Morgan fingerprint density at radius 1 is 1.00 bits per heavy atom. The molecule has 0 saturated carbocycles. The van der Waals surface area contributed by atoms with Gasteiger partial charge in [-0.1, -0.05) is 53.3 Å². The molecule has 0 unspecified atom stereocenters. The highest BCUT2D eigenvalue weighted by Crippen LogP contribution is 2.27. The molecule has 1 aliphatic heterocycles. The van der Waals surface area contributed by atoms with Crippen molar-refractivity contribution in [3.8, 4) is 0 Å². The monoisotopic (exact) mass is 434 g/mol. The highest BCUT2D eigenvalue weighted by atomic mass is 32.1. The van der Waals surface area contributed by atoms with E-state index in [-0.39, 0.29) is 11.9 Å². The number of nitrogens with one attached hydrogen (secondary N) is 2. The van der Waals surface area contributed by atoms with E-state index in [0.717, 1.165) is 28.8 Å². The van der Waals surface area contributed by atoms with Crippen molar-refractivity contribution in [2.24, 2.45) is 0 Å². The first-order chi connectivity index (χ1) is 14.8. The summed E-state index contributed by atoms with van der Waals surface area (Å²) in [7, 11) is 0. The van der Waals surface area contributed by atoms with Crippen LogP contribution >= 0.6 is 11.3 Å². The topological polar surface area (TPSA) is 74.3 Å². The van der Waals surface area contributed by atoms with E-state index < -0.39 is 0 Å².